The largest absolute Gasteiger partial charge is 0.341 e. The van der Waals surface area contributed by atoms with Crippen molar-refractivity contribution >= 4 is 5.91 Å². The van der Waals surface area contributed by atoms with Crippen molar-refractivity contribution in [3.8, 4) is 0 Å². The SMILES string of the molecule is NC[C@@H](C(=O)N1CC[C@@H](N)C1)c1ccccc1. The molecule has 4 N–H and O–H groups in total. The highest BCUT2D eigenvalue weighted by molar-refractivity contribution is 5.84. The summed E-state index contributed by atoms with van der Waals surface area (Å²) in [5.41, 5.74) is 12.5. The second-order valence-corrected chi connectivity index (χ2v) is 4.53. The lowest BCUT2D eigenvalue weighted by Gasteiger charge is -2.22. The molecule has 1 fully saturated rings. The first-order chi connectivity index (χ1) is 8.22. The zero-order chi connectivity index (χ0) is 12.3. The molecule has 1 aliphatic heterocycles. The van der Waals surface area contributed by atoms with Gasteiger partial charge in [0.15, 0.2) is 0 Å². The summed E-state index contributed by atoms with van der Waals surface area (Å²) in [6, 6.07) is 9.82. The highest BCUT2D eigenvalue weighted by Crippen LogP contribution is 2.19. The van der Waals surface area contributed by atoms with Gasteiger partial charge in [-0.25, -0.2) is 0 Å². The van der Waals surface area contributed by atoms with E-state index in [-0.39, 0.29) is 17.9 Å². The van der Waals surface area contributed by atoms with Crippen molar-refractivity contribution in [1.82, 2.24) is 4.90 Å². The quantitative estimate of drug-likeness (QED) is 0.788. The van der Waals surface area contributed by atoms with Crippen LogP contribution in [0, 0.1) is 0 Å². The Morgan fingerprint density at radius 2 is 2.12 bits per heavy atom. The number of nitrogens with two attached hydrogens (primary N) is 2. The minimum absolute atomic E-state index is 0.103. The molecular weight excluding hydrogens is 214 g/mol. The lowest BCUT2D eigenvalue weighted by atomic mass is 9.98. The first-order valence-corrected chi connectivity index (χ1v) is 6.01. The van der Waals surface area contributed by atoms with E-state index in [0.29, 0.717) is 13.1 Å². The lowest BCUT2D eigenvalue weighted by Crippen LogP contribution is -2.37. The third-order valence-corrected chi connectivity index (χ3v) is 3.27. The number of likely N-dealkylation sites (tertiary alicyclic amines) is 1. The minimum Gasteiger partial charge on any atom is -0.341 e. The van der Waals surface area contributed by atoms with Gasteiger partial charge in [0.2, 0.25) is 5.91 Å². The Hall–Kier alpha value is -1.39. The molecule has 1 saturated heterocycles. The van der Waals surface area contributed by atoms with E-state index in [1.807, 2.05) is 35.2 Å². The summed E-state index contributed by atoms with van der Waals surface area (Å²) < 4.78 is 0. The molecule has 4 nitrogen and oxygen atoms in total. The van der Waals surface area contributed by atoms with Crippen LogP contribution >= 0.6 is 0 Å². The van der Waals surface area contributed by atoms with E-state index in [2.05, 4.69) is 0 Å². The highest BCUT2D eigenvalue weighted by Gasteiger charge is 2.29. The maximum atomic E-state index is 12.3. The molecule has 1 aliphatic rings. The van der Waals surface area contributed by atoms with Crippen LogP contribution in [0.15, 0.2) is 30.3 Å². The van der Waals surface area contributed by atoms with E-state index < -0.39 is 0 Å². The smallest absolute Gasteiger partial charge is 0.231 e. The predicted octanol–water partition coefficient (Wildman–Crippen LogP) is 0.289. The van der Waals surface area contributed by atoms with Crippen molar-refractivity contribution in [3.63, 3.8) is 0 Å². The van der Waals surface area contributed by atoms with Gasteiger partial charge in [-0.1, -0.05) is 30.3 Å². The monoisotopic (exact) mass is 233 g/mol. The van der Waals surface area contributed by atoms with Gasteiger partial charge in [-0.15, -0.1) is 0 Å². The molecule has 4 heteroatoms. The van der Waals surface area contributed by atoms with Gasteiger partial charge in [0, 0.05) is 25.7 Å². The van der Waals surface area contributed by atoms with Crippen LogP contribution in [0.4, 0.5) is 0 Å². The van der Waals surface area contributed by atoms with Gasteiger partial charge in [-0.3, -0.25) is 4.79 Å². The lowest BCUT2D eigenvalue weighted by molar-refractivity contribution is -0.131. The van der Waals surface area contributed by atoms with E-state index in [0.717, 1.165) is 18.5 Å². The number of hydrogen-bond donors (Lipinski definition) is 2. The summed E-state index contributed by atoms with van der Waals surface area (Å²) in [6.45, 7) is 1.75. The van der Waals surface area contributed by atoms with E-state index in [4.69, 9.17) is 11.5 Å². The first-order valence-electron chi connectivity index (χ1n) is 6.01. The summed E-state index contributed by atoms with van der Waals surface area (Å²) in [5, 5.41) is 0. The molecule has 1 aromatic rings. The van der Waals surface area contributed by atoms with E-state index in [9.17, 15) is 4.79 Å². The number of carbonyl (C=O) groups excluding carboxylic acids is 1. The normalized spacial score (nSPS) is 21.5. The molecule has 0 bridgehead atoms. The Morgan fingerprint density at radius 1 is 1.41 bits per heavy atom. The summed E-state index contributed by atoms with van der Waals surface area (Å²) in [6.07, 6.45) is 0.887. The molecular formula is C13H19N3O. The zero-order valence-corrected chi connectivity index (χ0v) is 9.88. The van der Waals surface area contributed by atoms with Gasteiger partial charge < -0.3 is 16.4 Å². The Labute approximate surface area is 102 Å². The van der Waals surface area contributed by atoms with Gasteiger partial charge in [-0.2, -0.15) is 0 Å². The van der Waals surface area contributed by atoms with Gasteiger partial charge in [0.1, 0.15) is 0 Å². The molecule has 0 unspecified atom stereocenters. The van der Waals surface area contributed by atoms with Crippen LogP contribution in [0.2, 0.25) is 0 Å². The molecule has 0 radical (unpaired) electrons. The number of amides is 1. The maximum Gasteiger partial charge on any atom is 0.231 e. The fraction of sp³-hybridized carbons (Fsp3) is 0.462. The Balaban J connectivity index is 2.11. The fourth-order valence-electron chi connectivity index (χ4n) is 2.27. The number of rotatable bonds is 3. The van der Waals surface area contributed by atoms with Gasteiger partial charge in [0.25, 0.3) is 0 Å². The molecule has 1 heterocycles. The molecule has 0 saturated carbocycles. The molecule has 92 valence electrons. The van der Waals surface area contributed by atoms with Gasteiger partial charge in [-0.05, 0) is 12.0 Å². The van der Waals surface area contributed by atoms with Crippen LogP contribution in [-0.4, -0.2) is 36.5 Å². The third-order valence-electron chi connectivity index (χ3n) is 3.27. The number of nitrogens with zero attached hydrogens (tertiary/aromatic N) is 1. The summed E-state index contributed by atoms with van der Waals surface area (Å²) in [7, 11) is 0. The Bertz CT molecular complexity index is 380. The highest BCUT2D eigenvalue weighted by atomic mass is 16.2. The molecule has 0 aromatic heterocycles. The van der Waals surface area contributed by atoms with E-state index in [1.54, 1.807) is 0 Å². The molecule has 1 amide bonds. The maximum absolute atomic E-state index is 12.3. The molecule has 0 aliphatic carbocycles. The summed E-state index contributed by atoms with van der Waals surface area (Å²) in [5.74, 6) is -0.131. The number of hydrogen-bond acceptors (Lipinski definition) is 3. The van der Waals surface area contributed by atoms with Gasteiger partial charge >= 0.3 is 0 Å². The average Bonchev–Trinajstić information content (AvgIpc) is 2.78. The standard InChI is InChI=1S/C13H19N3O/c14-8-12(10-4-2-1-3-5-10)13(17)16-7-6-11(15)9-16/h1-5,11-12H,6-9,14-15H2/t11-,12-/m1/s1. The molecule has 17 heavy (non-hydrogen) atoms. The van der Waals surface area contributed by atoms with Crippen LogP contribution in [0.25, 0.3) is 0 Å². The second kappa shape index (κ2) is 5.29. The van der Waals surface area contributed by atoms with Crippen molar-refractivity contribution in [2.75, 3.05) is 19.6 Å². The zero-order valence-electron chi connectivity index (χ0n) is 9.88. The Kier molecular flexibility index (Phi) is 3.76. The second-order valence-electron chi connectivity index (χ2n) is 4.53. The van der Waals surface area contributed by atoms with Crippen molar-refractivity contribution in [2.24, 2.45) is 11.5 Å². The van der Waals surface area contributed by atoms with Crippen molar-refractivity contribution in [1.29, 1.82) is 0 Å². The van der Waals surface area contributed by atoms with Crippen molar-refractivity contribution in [2.45, 2.75) is 18.4 Å². The first kappa shape index (κ1) is 12.1. The molecule has 1 aromatic carbocycles. The topological polar surface area (TPSA) is 72.4 Å². The number of benzene rings is 1. The fourth-order valence-corrected chi connectivity index (χ4v) is 2.27. The van der Waals surface area contributed by atoms with Crippen LogP contribution in [0.5, 0.6) is 0 Å². The minimum atomic E-state index is -0.235. The van der Waals surface area contributed by atoms with Crippen LogP contribution in [-0.2, 0) is 4.79 Å². The van der Waals surface area contributed by atoms with E-state index >= 15 is 0 Å². The number of carbonyl (C=O) groups is 1. The average molecular weight is 233 g/mol. The molecule has 2 atom stereocenters. The summed E-state index contributed by atoms with van der Waals surface area (Å²) in [4.78, 5) is 14.1. The molecule has 2 rings (SSSR count). The Morgan fingerprint density at radius 3 is 2.65 bits per heavy atom. The van der Waals surface area contributed by atoms with E-state index in [1.165, 1.54) is 0 Å². The van der Waals surface area contributed by atoms with Gasteiger partial charge in [0.05, 0.1) is 5.92 Å². The van der Waals surface area contributed by atoms with Crippen molar-refractivity contribution in [3.05, 3.63) is 35.9 Å². The third kappa shape index (κ3) is 2.65. The molecule has 0 spiro atoms. The van der Waals surface area contributed by atoms with Crippen LogP contribution in [0.1, 0.15) is 17.9 Å². The van der Waals surface area contributed by atoms with Crippen LogP contribution in [0.3, 0.4) is 0 Å². The van der Waals surface area contributed by atoms with Crippen LogP contribution < -0.4 is 11.5 Å². The predicted molar refractivity (Wildman–Crippen MR) is 67.4 cm³/mol. The summed E-state index contributed by atoms with van der Waals surface area (Å²) >= 11 is 0. The van der Waals surface area contributed by atoms with Crippen molar-refractivity contribution < 1.29 is 4.79 Å².